The standard InChI is InChI=1S/C14H20BrClFNO/c1-3-8-19-9-7-12(18-4-2)10-5-6-11(15)13(16)14(10)17/h5-6,12,18H,3-4,7-9H2,1-2H3. The number of hydrogen-bond donors (Lipinski definition) is 1. The van der Waals surface area contributed by atoms with E-state index in [1.54, 1.807) is 12.1 Å². The van der Waals surface area contributed by atoms with Gasteiger partial charge in [0.25, 0.3) is 0 Å². The van der Waals surface area contributed by atoms with Gasteiger partial charge in [-0.3, -0.25) is 0 Å². The summed E-state index contributed by atoms with van der Waals surface area (Å²) in [6, 6.07) is 3.46. The van der Waals surface area contributed by atoms with E-state index in [0.29, 0.717) is 16.6 Å². The summed E-state index contributed by atoms with van der Waals surface area (Å²) in [7, 11) is 0. The van der Waals surface area contributed by atoms with Crippen molar-refractivity contribution in [3.8, 4) is 0 Å². The normalized spacial score (nSPS) is 12.7. The molecule has 0 spiro atoms. The van der Waals surface area contributed by atoms with Gasteiger partial charge in [0.05, 0.1) is 5.02 Å². The summed E-state index contributed by atoms with van der Waals surface area (Å²) >= 11 is 9.15. The summed E-state index contributed by atoms with van der Waals surface area (Å²) in [5.74, 6) is -0.363. The Morgan fingerprint density at radius 2 is 2.11 bits per heavy atom. The highest BCUT2D eigenvalue weighted by atomic mass is 79.9. The molecule has 0 aromatic heterocycles. The molecule has 0 radical (unpaired) electrons. The number of rotatable bonds is 8. The fourth-order valence-corrected chi connectivity index (χ4v) is 2.35. The van der Waals surface area contributed by atoms with E-state index < -0.39 is 0 Å². The van der Waals surface area contributed by atoms with Gasteiger partial charge in [0.2, 0.25) is 0 Å². The van der Waals surface area contributed by atoms with Crippen molar-refractivity contribution in [2.45, 2.75) is 32.7 Å². The predicted molar refractivity (Wildman–Crippen MR) is 81.3 cm³/mol. The van der Waals surface area contributed by atoms with Gasteiger partial charge in [0.1, 0.15) is 5.82 Å². The van der Waals surface area contributed by atoms with Gasteiger partial charge in [0.15, 0.2) is 0 Å². The Hall–Kier alpha value is -0.160. The third-order valence-corrected chi connectivity index (χ3v) is 4.05. The molecule has 0 amide bonds. The van der Waals surface area contributed by atoms with Crippen LogP contribution in [0.2, 0.25) is 5.02 Å². The molecule has 0 bridgehead atoms. The van der Waals surface area contributed by atoms with E-state index in [9.17, 15) is 4.39 Å². The van der Waals surface area contributed by atoms with Gasteiger partial charge >= 0.3 is 0 Å². The number of hydrogen-bond acceptors (Lipinski definition) is 2. The summed E-state index contributed by atoms with van der Waals surface area (Å²) < 4.78 is 20.2. The Labute approximate surface area is 127 Å². The first-order valence-electron chi connectivity index (χ1n) is 6.56. The maximum absolute atomic E-state index is 14.2. The second kappa shape index (κ2) is 8.90. The van der Waals surface area contributed by atoms with Crippen LogP contribution in [0.25, 0.3) is 0 Å². The molecule has 108 valence electrons. The molecule has 5 heteroatoms. The lowest BCUT2D eigenvalue weighted by Gasteiger charge is -2.19. The Morgan fingerprint density at radius 3 is 2.74 bits per heavy atom. The van der Waals surface area contributed by atoms with E-state index in [2.05, 4.69) is 28.2 Å². The molecule has 0 aliphatic rings. The van der Waals surface area contributed by atoms with Crippen LogP contribution < -0.4 is 5.32 Å². The third kappa shape index (κ3) is 5.03. The van der Waals surface area contributed by atoms with E-state index in [-0.39, 0.29) is 16.9 Å². The minimum atomic E-state index is -0.363. The average Bonchev–Trinajstić information content (AvgIpc) is 2.40. The molecule has 1 unspecified atom stereocenters. The second-order valence-electron chi connectivity index (χ2n) is 4.28. The van der Waals surface area contributed by atoms with E-state index in [4.69, 9.17) is 16.3 Å². The maximum atomic E-state index is 14.2. The van der Waals surface area contributed by atoms with E-state index in [1.165, 1.54) is 0 Å². The Balaban J connectivity index is 2.78. The average molecular weight is 353 g/mol. The number of halogens is 3. The highest BCUT2D eigenvalue weighted by molar-refractivity contribution is 9.10. The quantitative estimate of drug-likeness (QED) is 0.540. The summed E-state index contributed by atoms with van der Waals surface area (Å²) in [6.45, 7) is 6.18. The first-order chi connectivity index (χ1) is 9.11. The summed E-state index contributed by atoms with van der Waals surface area (Å²) in [5, 5.41) is 3.40. The number of nitrogens with one attached hydrogen (secondary N) is 1. The van der Waals surface area contributed by atoms with Crippen LogP contribution in [0.1, 0.15) is 38.3 Å². The van der Waals surface area contributed by atoms with Crippen LogP contribution in [-0.4, -0.2) is 19.8 Å². The largest absolute Gasteiger partial charge is 0.381 e. The second-order valence-corrected chi connectivity index (χ2v) is 5.51. The molecular weight excluding hydrogens is 333 g/mol. The van der Waals surface area contributed by atoms with E-state index in [1.807, 2.05) is 6.92 Å². The topological polar surface area (TPSA) is 21.3 Å². The van der Waals surface area contributed by atoms with Gasteiger partial charge < -0.3 is 10.1 Å². The monoisotopic (exact) mass is 351 g/mol. The molecule has 0 heterocycles. The molecule has 1 N–H and O–H groups in total. The van der Waals surface area contributed by atoms with Crippen LogP contribution >= 0.6 is 27.5 Å². The van der Waals surface area contributed by atoms with Crippen molar-refractivity contribution >= 4 is 27.5 Å². The predicted octanol–water partition coefficient (Wildman–Crippen LogP) is 4.71. The van der Waals surface area contributed by atoms with Gasteiger partial charge in [-0.25, -0.2) is 4.39 Å². The van der Waals surface area contributed by atoms with Crippen LogP contribution in [0.15, 0.2) is 16.6 Å². The van der Waals surface area contributed by atoms with Crippen molar-refractivity contribution < 1.29 is 9.13 Å². The molecule has 0 aliphatic carbocycles. The fraction of sp³-hybridized carbons (Fsp3) is 0.571. The molecule has 0 aliphatic heterocycles. The molecule has 0 saturated heterocycles. The maximum Gasteiger partial charge on any atom is 0.147 e. The summed E-state index contributed by atoms with van der Waals surface area (Å²) in [4.78, 5) is 0. The smallest absolute Gasteiger partial charge is 0.147 e. The minimum absolute atomic E-state index is 0.0764. The van der Waals surface area contributed by atoms with Crippen molar-refractivity contribution in [2.24, 2.45) is 0 Å². The minimum Gasteiger partial charge on any atom is -0.381 e. The highest BCUT2D eigenvalue weighted by Crippen LogP contribution is 2.31. The van der Waals surface area contributed by atoms with Crippen molar-refractivity contribution in [3.63, 3.8) is 0 Å². The first kappa shape index (κ1) is 16.9. The van der Waals surface area contributed by atoms with Crippen LogP contribution in [0.4, 0.5) is 4.39 Å². The number of benzene rings is 1. The van der Waals surface area contributed by atoms with Gasteiger partial charge in [-0.2, -0.15) is 0 Å². The molecule has 2 nitrogen and oxygen atoms in total. The lowest BCUT2D eigenvalue weighted by Crippen LogP contribution is -2.23. The van der Waals surface area contributed by atoms with Crippen molar-refractivity contribution in [1.82, 2.24) is 5.32 Å². The van der Waals surface area contributed by atoms with Crippen LogP contribution in [0.3, 0.4) is 0 Å². The highest BCUT2D eigenvalue weighted by Gasteiger charge is 2.18. The van der Waals surface area contributed by atoms with Crippen molar-refractivity contribution in [3.05, 3.63) is 33.0 Å². The van der Waals surface area contributed by atoms with Gasteiger partial charge in [-0.05, 0) is 41.4 Å². The number of ether oxygens (including phenoxy) is 1. The SMILES string of the molecule is CCCOCCC(NCC)c1ccc(Br)c(Cl)c1F. The molecule has 0 saturated carbocycles. The van der Waals surface area contributed by atoms with Crippen LogP contribution in [0.5, 0.6) is 0 Å². The van der Waals surface area contributed by atoms with E-state index in [0.717, 1.165) is 26.0 Å². The van der Waals surface area contributed by atoms with Gasteiger partial charge in [0, 0.05) is 29.3 Å². The van der Waals surface area contributed by atoms with Crippen molar-refractivity contribution in [1.29, 1.82) is 0 Å². The molecule has 1 atom stereocenters. The summed E-state index contributed by atoms with van der Waals surface area (Å²) in [6.07, 6.45) is 1.72. The van der Waals surface area contributed by atoms with Crippen LogP contribution in [0, 0.1) is 5.82 Å². The molecule has 1 rings (SSSR count). The summed E-state index contributed by atoms with van der Waals surface area (Å²) in [5.41, 5.74) is 0.593. The zero-order valence-corrected chi connectivity index (χ0v) is 13.7. The molecule has 1 aromatic carbocycles. The lowest BCUT2D eigenvalue weighted by atomic mass is 10.0. The fourth-order valence-electron chi connectivity index (χ4n) is 1.87. The van der Waals surface area contributed by atoms with Crippen LogP contribution in [-0.2, 0) is 4.74 Å². The molecule has 1 aromatic rings. The Bertz CT molecular complexity index is 403. The Kier molecular flexibility index (Phi) is 7.91. The zero-order valence-electron chi connectivity index (χ0n) is 11.3. The zero-order chi connectivity index (χ0) is 14.3. The van der Waals surface area contributed by atoms with Crippen molar-refractivity contribution in [2.75, 3.05) is 19.8 Å². The molecular formula is C14H20BrClFNO. The molecule has 0 fully saturated rings. The Morgan fingerprint density at radius 1 is 1.37 bits per heavy atom. The van der Waals surface area contributed by atoms with E-state index >= 15 is 0 Å². The first-order valence-corrected chi connectivity index (χ1v) is 7.73. The third-order valence-electron chi connectivity index (χ3n) is 2.79. The lowest BCUT2D eigenvalue weighted by molar-refractivity contribution is 0.124. The van der Waals surface area contributed by atoms with Gasteiger partial charge in [-0.1, -0.05) is 31.5 Å². The molecule has 19 heavy (non-hydrogen) atoms. The van der Waals surface area contributed by atoms with Gasteiger partial charge in [-0.15, -0.1) is 0 Å².